The molecule has 5 nitrogen and oxygen atoms in total. The molecule has 0 fully saturated rings. The van der Waals surface area contributed by atoms with E-state index in [1.807, 2.05) is 31.2 Å². The van der Waals surface area contributed by atoms with Gasteiger partial charge in [0.15, 0.2) is 0 Å². The van der Waals surface area contributed by atoms with Gasteiger partial charge in [-0.2, -0.15) is 0 Å². The molecule has 0 unspecified atom stereocenters. The fourth-order valence-electron chi connectivity index (χ4n) is 1.75. The number of nitrogens with zero attached hydrogens (tertiary/aromatic N) is 2. The zero-order valence-corrected chi connectivity index (χ0v) is 11.2. The Morgan fingerprint density at radius 3 is 2.58 bits per heavy atom. The van der Waals surface area contributed by atoms with Crippen LogP contribution in [0.2, 0.25) is 0 Å². The first kappa shape index (κ1) is 13.1. The van der Waals surface area contributed by atoms with E-state index >= 15 is 0 Å². The van der Waals surface area contributed by atoms with Gasteiger partial charge < -0.3 is 15.4 Å². The molecule has 0 spiro atoms. The van der Waals surface area contributed by atoms with Crippen molar-refractivity contribution in [3.63, 3.8) is 0 Å². The molecule has 0 saturated heterocycles. The Hall–Kier alpha value is -2.30. The van der Waals surface area contributed by atoms with E-state index in [0.717, 1.165) is 29.5 Å². The summed E-state index contributed by atoms with van der Waals surface area (Å²) in [5, 5.41) is 6.37. The van der Waals surface area contributed by atoms with Gasteiger partial charge in [0.05, 0.1) is 19.5 Å². The summed E-state index contributed by atoms with van der Waals surface area (Å²) in [6.07, 6.45) is 3.41. The second-order valence-corrected chi connectivity index (χ2v) is 3.99. The average molecular weight is 258 g/mol. The number of hydrogen-bond donors (Lipinski definition) is 2. The van der Waals surface area contributed by atoms with E-state index in [-0.39, 0.29) is 0 Å². The highest BCUT2D eigenvalue weighted by atomic mass is 16.5. The third-order valence-corrected chi connectivity index (χ3v) is 2.64. The van der Waals surface area contributed by atoms with Crippen molar-refractivity contribution in [2.45, 2.75) is 13.5 Å². The van der Waals surface area contributed by atoms with E-state index in [1.54, 1.807) is 19.5 Å². The summed E-state index contributed by atoms with van der Waals surface area (Å²) in [6.45, 7) is 3.50. The minimum Gasteiger partial charge on any atom is -0.496 e. The number of benzene rings is 1. The summed E-state index contributed by atoms with van der Waals surface area (Å²) in [4.78, 5) is 8.55. The minimum atomic E-state index is 0.647. The molecule has 0 atom stereocenters. The summed E-state index contributed by atoms with van der Waals surface area (Å²) in [7, 11) is 1.67. The molecule has 100 valence electrons. The van der Waals surface area contributed by atoms with Crippen molar-refractivity contribution in [2.75, 3.05) is 24.3 Å². The molecule has 0 aliphatic heterocycles. The Balaban J connectivity index is 2.03. The third-order valence-electron chi connectivity index (χ3n) is 2.64. The summed E-state index contributed by atoms with van der Waals surface area (Å²) < 4.78 is 5.31. The van der Waals surface area contributed by atoms with Crippen LogP contribution in [0.3, 0.4) is 0 Å². The molecule has 0 radical (unpaired) electrons. The van der Waals surface area contributed by atoms with E-state index in [9.17, 15) is 0 Å². The third kappa shape index (κ3) is 3.58. The van der Waals surface area contributed by atoms with E-state index < -0.39 is 0 Å². The molecule has 5 heteroatoms. The highest BCUT2D eigenvalue weighted by Crippen LogP contribution is 2.18. The molecule has 19 heavy (non-hydrogen) atoms. The van der Waals surface area contributed by atoms with Crippen molar-refractivity contribution in [2.24, 2.45) is 0 Å². The Bertz CT molecular complexity index is 530. The maximum absolute atomic E-state index is 5.31. The number of hydrogen-bond acceptors (Lipinski definition) is 5. The van der Waals surface area contributed by atoms with E-state index in [0.29, 0.717) is 6.54 Å². The minimum absolute atomic E-state index is 0.647. The monoisotopic (exact) mass is 258 g/mol. The van der Waals surface area contributed by atoms with Crippen LogP contribution in [-0.4, -0.2) is 23.6 Å². The molecule has 1 heterocycles. The maximum Gasteiger partial charge on any atom is 0.147 e. The molecular weight excluding hydrogens is 240 g/mol. The van der Waals surface area contributed by atoms with E-state index in [2.05, 4.69) is 20.6 Å². The zero-order chi connectivity index (χ0) is 13.5. The molecule has 1 aromatic carbocycles. The average Bonchev–Trinajstić information content (AvgIpc) is 2.46. The predicted molar refractivity (Wildman–Crippen MR) is 76.5 cm³/mol. The van der Waals surface area contributed by atoms with E-state index in [4.69, 9.17) is 4.74 Å². The first-order valence-corrected chi connectivity index (χ1v) is 6.25. The Labute approximate surface area is 113 Å². The number of rotatable bonds is 6. The fourth-order valence-corrected chi connectivity index (χ4v) is 1.75. The number of para-hydroxylation sites is 1. The summed E-state index contributed by atoms with van der Waals surface area (Å²) in [6, 6.07) is 7.90. The first-order valence-electron chi connectivity index (χ1n) is 6.25. The first-order chi connectivity index (χ1) is 9.33. The lowest BCUT2D eigenvalue weighted by Gasteiger charge is -2.10. The number of methoxy groups -OCH3 is 1. The highest BCUT2D eigenvalue weighted by molar-refractivity contribution is 5.43. The standard InChI is InChI=1S/C14H18N4O/c1-3-16-13-9-15-10-14(18-13)17-8-11-6-4-5-7-12(11)19-2/h4-7,9-10H,3,8H2,1-2H3,(H2,16,17,18). The topological polar surface area (TPSA) is 59.1 Å². The van der Waals surface area contributed by atoms with Crippen LogP contribution in [0, 0.1) is 0 Å². The normalized spacial score (nSPS) is 10.0. The number of ether oxygens (including phenoxy) is 1. The number of aromatic nitrogens is 2. The van der Waals surface area contributed by atoms with Crippen LogP contribution in [0.1, 0.15) is 12.5 Å². The van der Waals surface area contributed by atoms with Crippen LogP contribution in [0.15, 0.2) is 36.7 Å². The Morgan fingerprint density at radius 1 is 1.11 bits per heavy atom. The van der Waals surface area contributed by atoms with Gasteiger partial charge in [-0.15, -0.1) is 0 Å². The van der Waals surface area contributed by atoms with Gasteiger partial charge >= 0.3 is 0 Å². The zero-order valence-electron chi connectivity index (χ0n) is 11.2. The molecule has 0 bridgehead atoms. The SMILES string of the molecule is CCNc1cncc(NCc2ccccc2OC)n1. The lowest BCUT2D eigenvalue weighted by molar-refractivity contribution is 0.410. The smallest absolute Gasteiger partial charge is 0.147 e. The van der Waals surface area contributed by atoms with Crippen LogP contribution in [0.4, 0.5) is 11.6 Å². The second-order valence-electron chi connectivity index (χ2n) is 3.99. The van der Waals surface area contributed by atoms with Gasteiger partial charge in [0.1, 0.15) is 17.4 Å². The van der Waals surface area contributed by atoms with Gasteiger partial charge in [0, 0.05) is 18.7 Å². The van der Waals surface area contributed by atoms with Gasteiger partial charge in [-0.1, -0.05) is 18.2 Å². The molecule has 0 amide bonds. The van der Waals surface area contributed by atoms with Crippen molar-refractivity contribution >= 4 is 11.6 Å². The van der Waals surface area contributed by atoms with Crippen molar-refractivity contribution < 1.29 is 4.74 Å². The maximum atomic E-state index is 5.31. The van der Waals surface area contributed by atoms with E-state index in [1.165, 1.54) is 0 Å². The molecule has 0 aliphatic carbocycles. The molecule has 2 N–H and O–H groups in total. The van der Waals surface area contributed by atoms with Crippen molar-refractivity contribution in [1.29, 1.82) is 0 Å². The van der Waals surface area contributed by atoms with Gasteiger partial charge in [-0.25, -0.2) is 4.98 Å². The van der Waals surface area contributed by atoms with Crippen LogP contribution < -0.4 is 15.4 Å². The van der Waals surface area contributed by atoms with Crippen molar-refractivity contribution in [3.05, 3.63) is 42.2 Å². The summed E-state index contributed by atoms with van der Waals surface area (Å²) >= 11 is 0. The summed E-state index contributed by atoms with van der Waals surface area (Å²) in [5.74, 6) is 2.38. The van der Waals surface area contributed by atoms with Gasteiger partial charge in [-0.3, -0.25) is 4.98 Å². The Morgan fingerprint density at radius 2 is 1.84 bits per heavy atom. The fraction of sp³-hybridized carbons (Fsp3) is 0.286. The second kappa shape index (κ2) is 6.58. The molecule has 0 aliphatic rings. The van der Waals surface area contributed by atoms with Crippen molar-refractivity contribution in [1.82, 2.24) is 9.97 Å². The van der Waals surface area contributed by atoms with Gasteiger partial charge in [-0.05, 0) is 13.0 Å². The predicted octanol–water partition coefficient (Wildman–Crippen LogP) is 2.53. The Kier molecular flexibility index (Phi) is 4.55. The lowest BCUT2D eigenvalue weighted by Crippen LogP contribution is -2.06. The van der Waals surface area contributed by atoms with Crippen LogP contribution in [-0.2, 0) is 6.54 Å². The van der Waals surface area contributed by atoms with Gasteiger partial charge in [0.25, 0.3) is 0 Å². The van der Waals surface area contributed by atoms with Crippen LogP contribution >= 0.6 is 0 Å². The largest absolute Gasteiger partial charge is 0.496 e. The number of anilines is 2. The quantitative estimate of drug-likeness (QED) is 0.833. The molecule has 2 rings (SSSR count). The lowest BCUT2D eigenvalue weighted by atomic mass is 10.2. The van der Waals surface area contributed by atoms with Gasteiger partial charge in [0.2, 0.25) is 0 Å². The number of nitrogens with one attached hydrogen (secondary N) is 2. The van der Waals surface area contributed by atoms with Crippen LogP contribution in [0.25, 0.3) is 0 Å². The van der Waals surface area contributed by atoms with Crippen molar-refractivity contribution in [3.8, 4) is 5.75 Å². The molecule has 1 aromatic heterocycles. The molecule has 2 aromatic rings. The van der Waals surface area contributed by atoms with Crippen LogP contribution in [0.5, 0.6) is 5.75 Å². The molecular formula is C14H18N4O. The summed E-state index contributed by atoms with van der Waals surface area (Å²) in [5.41, 5.74) is 1.08. The highest BCUT2D eigenvalue weighted by Gasteiger charge is 2.02. The molecule has 0 saturated carbocycles.